The van der Waals surface area contributed by atoms with Crippen LogP contribution in [0.2, 0.25) is 0 Å². The number of carbonyl (C=O) groups is 1. The molecule has 0 spiro atoms. The quantitative estimate of drug-likeness (QED) is 0.895. The molecule has 116 valence electrons. The number of hydrogen-bond donors (Lipinski definition) is 2. The normalized spacial score (nSPS) is 19.4. The number of amides is 1. The summed E-state index contributed by atoms with van der Waals surface area (Å²) >= 11 is 0. The highest BCUT2D eigenvalue weighted by molar-refractivity contribution is 5.86. The summed E-state index contributed by atoms with van der Waals surface area (Å²) in [5, 5.41) is 5.33. The molecule has 0 bridgehead atoms. The van der Waals surface area contributed by atoms with E-state index in [0.717, 1.165) is 12.1 Å². The van der Waals surface area contributed by atoms with E-state index in [1.165, 1.54) is 7.05 Å². The van der Waals surface area contributed by atoms with Gasteiger partial charge in [0.2, 0.25) is 5.91 Å². The lowest BCUT2D eigenvalue weighted by Crippen LogP contribution is -2.55. The highest BCUT2D eigenvalue weighted by Gasteiger charge is 2.34. The minimum Gasteiger partial charge on any atom is -0.373 e. The van der Waals surface area contributed by atoms with E-state index in [1.807, 2.05) is 6.92 Å². The Labute approximate surface area is 120 Å². The number of aromatic nitrogens is 1. The minimum atomic E-state index is -4.46. The summed E-state index contributed by atoms with van der Waals surface area (Å²) in [5.74, 6) is 0.102. The van der Waals surface area contributed by atoms with Crippen molar-refractivity contribution in [1.29, 1.82) is 0 Å². The van der Waals surface area contributed by atoms with Crippen LogP contribution in [0.3, 0.4) is 0 Å². The van der Waals surface area contributed by atoms with Crippen LogP contribution in [0.4, 0.5) is 24.8 Å². The monoisotopic (exact) mass is 302 g/mol. The first-order valence-electron chi connectivity index (χ1n) is 6.68. The van der Waals surface area contributed by atoms with Gasteiger partial charge in [0.05, 0.1) is 5.56 Å². The van der Waals surface area contributed by atoms with Crippen LogP contribution in [0.5, 0.6) is 0 Å². The third kappa shape index (κ3) is 3.20. The molecule has 1 atom stereocenters. The molecule has 1 aromatic heterocycles. The van der Waals surface area contributed by atoms with Crippen LogP contribution in [0, 0.1) is 0 Å². The van der Waals surface area contributed by atoms with Crippen molar-refractivity contribution < 1.29 is 18.0 Å². The average molecular weight is 302 g/mol. The zero-order valence-corrected chi connectivity index (χ0v) is 11.8. The van der Waals surface area contributed by atoms with E-state index in [9.17, 15) is 18.0 Å². The molecule has 2 N–H and O–H groups in total. The van der Waals surface area contributed by atoms with Gasteiger partial charge in [-0.25, -0.2) is 4.98 Å². The zero-order chi connectivity index (χ0) is 15.6. The van der Waals surface area contributed by atoms with Gasteiger partial charge in [0, 0.05) is 20.1 Å². The smallest absolute Gasteiger partial charge is 0.373 e. The Morgan fingerprint density at radius 2 is 2.19 bits per heavy atom. The first kappa shape index (κ1) is 15.4. The van der Waals surface area contributed by atoms with Gasteiger partial charge in [-0.05, 0) is 18.6 Å². The lowest BCUT2D eigenvalue weighted by atomic mass is 10.1. The van der Waals surface area contributed by atoms with Crippen molar-refractivity contribution in [2.75, 3.05) is 30.4 Å². The van der Waals surface area contributed by atoms with Crippen LogP contribution >= 0.6 is 0 Å². The second kappa shape index (κ2) is 5.79. The molecule has 0 aromatic carbocycles. The van der Waals surface area contributed by atoms with Crippen LogP contribution in [0.15, 0.2) is 12.1 Å². The summed E-state index contributed by atoms with van der Waals surface area (Å²) in [4.78, 5) is 17.6. The van der Waals surface area contributed by atoms with Crippen molar-refractivity contribution >= 4 is 17.5 Å². The van der Waals surface area contributed by atoms with E-state index in [-0.39, 0.29) is 17.5 Å². The second-order valence-electron chi connectivity index (χ2n) is 4.76. The largest absolute Gasteiger partial charge is 0.416 e. The topological polar surface area (TPSA) is 57.3 Å². The van der Waals surface area contributed by atoms with Crippen molar-refractivity contribution in [3.63, 3.8) is 0 Å². The van der Waals surface area contributed by atoms with Gasteiger partial charge in [0.15, 0.2) is 0 Å². The number of rotatable bonds is 3. The summed E-state index contributed by atoms with van der Waals surface area (Å²) in [7, 11) is 1.51. The van der Waals surface area contributed by atoms with Crippen molar-refractivity contribution in [2.45, 2.75) is 25.6 Å². The SMILES string of the molecule is CCC1C(=O)NCCN1c1cc(C(F)(F)F)cc(NC)n1. The van der Waals surface area contributed by atoms with Crippen molar-refractivity contribution in [2.24, 2.45) is 0 Å². The predicted octanol–water partition coefficient (Wildman–Crippen LogP) is 1.86. The summed E-state index contributed by atoms with van der Waals surface area (Å²) in [6.45, 7) is 2.64. The van der Waals surface area contributed by atoms with Crippen molar-refractivity contribution in [3.8, 4) is 0 Å². The van der Waals surface area contributed by atoms with E-state index in [1.54, 1.807) is 4.90 Å². The number of anilines is 2. The van der Waals surface area contributed by atoms with Crippen LogP contribution in [0.25, 0.3) is 0 Å². The van der Waals surface area contributed by atoms with Gasteiger partial charge in [0.1, 0.15) is 17.7 Å². The molecule has 0 aliphatic carbocycles. The standard InChI is InChI=1S/C13H17F3N4O/c1-3-9-12(21)18-4-5-20(9)11-7-8(13(14,15)16)6-10(17-2)19-11/h6-7,9H,3-5H2,1-2H3,(H,17,19)(H,18,21). The Bertz CT molecular complexity index is 533. The van der Waals surface area contributed by atoms with Crippen molar-refractivity contribution in [3.05, 3.63) is 17.7 Å². The number of hydrogen-bond acceptors (Lipinski definition) is 4. The Kier molecular flexibility index (Phi) is 4.24. The number of alkyl halides is 3. The lowest BCUT2D eigenvalue weighted by molar-refractivity contribution is -0.137. The fourth-order valence-electron chi connectivity index (χ4n) is 2.35. The lowest BCUT2D eigenvalue weighted by Gasteiger charge is -2.35. The van der Waals surface area contributed by atoms with Gasteiger partial charge in [-0.1, -0.05) is 6.92 Å². The van der Waals surface area contributed by atoms with Gasteiger partial charge >= 0.3 is 6.18 Å². The van der Waals surface area contributed by atoms with E-state index in [0.29, 0.717) is 19.5 Å². The van der Waals surface area contributed by atoms with Crippen LogP contribution < -0.4 is 15.5 Å². The summed E-state index contributed by atoms with van der Waals surface area (Å²) < 4.78 is 38.9. The first-order chi connectivity index (χ1) is 9.86. The molecule has 21 heavy (non-hydrogen) atoms. The Balaban J connectivity index is 2.44. The number of nitrogens with one attached hydrogen (secondary N) is 2. The highest BCUT2D eigenvalue weighted by atomic mass is 19.4. The number of carbonyl (C=O) groups excluding carboxylic acids is 1. The number of nitrogens with zero attached hydrogens (tertiary/aromatic N) is 2. The first-order valence-corrected chi connectivity index (χ1v) is 6.68. The van der Waals surface area contributed by atoms with Gasteiger partial charge in [0.25, 0.3) is 0 Å². The van der Waals surface area contributed by atoms with Gasteiger partial charge < -0.3 is 15.5 Å². The molecule has 8 heteroatoms. The molecule has 1 aromatic rings. The maximum atomic E-state index is 13.0. The molecule has 1 aliphatic rings. The molecule has 1 unspecified atom stereocenters. The van der Waals surface area contributed by atoms with E-state index in [4.69, 9.17) is 0 Å². The second-order valence-corrected chi connectivity index (χ2v) is 4.76. The Morgan fingerprint density at radius 1 is 1.48 bits per heavy atom. The molecule has 0 radical (unpaired) electrons. The third-order valence-electron chi connectivity index (χ3n) is 3.41. The number of halogens is 3. The van der Waals surface area contributed by atoms with Gasteiger partial charge in [-0.2, -0.15) is 13.2 Å². The Hall–Kier alpha value is -1.99. The molecule has 1 saturated heterocycles. The fourth-order valence-corrected chi connectivity index (χ4v) is 2.35. The summed E-state index contributed by atoms with van der Waals surface area (Å²) in [5.41, 5.74) is -0.780. The fraction of sp³-hybridized carbons (Fsp3) is 0.538. The van der Waals surface area contributed by atoms with E-state index >= 15 is 0 Å². The van der Waals surface area contributed by atoms with Crippen LogP contribution in [-0.2, 0) is 11.0 Å². The van der Waals surface area contributed by atoms with Crippen LogP contribution in [-0.4, -0.2) is 37.1 Å². The summed E-state index contributed by atoms with van der Waals surface area (Å²) in [6, 6.07) is 1.44. The molecular weight excluding hydrogens is 285 g/mol. The Morgan fingerprint density at radius 3 is 2.76 bits per heavy atom. The molecule has 1 aliphatic heterocycles. The number of pyridine rings is 1. The van der Waals surface area contributed by atoms with Crippen molar-refractivity contribution in [1.82, 2.24) is 10.3 Å². The highest BCUT2D eigenvalue weighted by Crippen LogP contribution is 2.33. The van der Waals surface area contributed by atoms with E-state index in [2.05, 4.69) is 15.6 Å². The van der Waals surface area contributed by atoms with Gasteiger partial charge in [-0.15, -0.1) is 0 Å². The average Bonchev–Trinajstić information content (AvgIpc) is 2.45. The minimum absolute atomic E-state index is 0.126. The number of piperazine rings is 1. The van der Waals surface area contributed by atoms with E-state index < -0.39 is 17.8 Å². The molecule has 0 saturated carbocycles. The molecule has 1 amide bonds. The molecular formula is C13H17F3N4O. The predicted molar refractivity (Wildman–Crippen MR) is 73.2 cm³/mol. The third-order valence-corrected chi connectivity index (χ3v) is 3.41. The van der Waals surface area contributed by atoms with Gasteiger partial charge in [-0.3, -0.25) is 4.79 Å². The van der Waals surface area contributed by atoms with Crippen LogP contribution in [0.1, 0.15) is 18.9 Å². The molecule has 5 nitrogen and oxygen atoms in total. The maximum absolute atomic E-state index is 13.0. The zero-order valence-electron chi connectivity index (χ0n) is 11.8. The maximum Gasteiger partial charge on any atom is 0.416 e. The molecule has 2 heterocycles. The molecule has 2 rings (SSSR count). The summed E-state index contributed by atoms with van der Waals surface area (Å²) in [6.07, 6.45) is -3.96. The molecule has 1 fully saturated rings.